The van der Waals surface area contributed by atoms with Crippen LogP contribution >= 0.6 is 0 Å². The summed E-state index contributed by atoms with van der Waals surface area (Å²) in [6.45, 7) is 6.62. The summed E-state index contributed by atoms with van der Waals surface area (Å²) in [6, 6.07) is 6.68. The summed E-state index contributed by atoms with van der Waals surface area (Å²) >= 11 is 0. The maximum atomic E-state index is 4.49. The van der Waals surface area contributed by atoms with Crippen molar-refractivity contribution in [1.29, 1.82) is 0 Å². The van der Waals surface area contributed by atoms with Gasteiger partial charge in [-0.1, -0.05) is 26.0 Å². The van der Waals surface area contributed by atoms with E-state index in [0.29, 0.717) is 0 Å². The maximum absolute atomic E-state index is 4.49. The summed E-state index contributed by atoms with van der Waals surface area (Å²) in [6.07, 6.45) is 2.22. The van der Waals surface area contributed by atoms with Crippen LogP contribution in [0.25, 0.3) is 0 Å². The average Bonchev–Trinajstić information content (AvgIpc) is 2.42. The lowest BCUT2D eigenvalue weighted by Crippen LogP contribution is -1.95. The minimum Gasteiger partial charge on any atom is -0.257 e. The van der Waals surface area contributed by atoms with Crippen molar-refractivity contribution < 1.29 is 0 Å². The fourth-order valence-electron chi connectivity index (χ4n) is 2.01. The molecule has 0 N–H and O–H groups in total. The molecule has 1 heterocycles. The second-order valence-electron chi connectivity index (χ2n) is 4.58. The molecule has 0 aromatic heterocycles. The third-order valence-electron chi connectivity index (χ3n) is 2.55. The van der Waals surface area contributed by atoms with Crippen molar-refractivity contribution in [1.82, 2.24) is 0 Å². The molecule has 0 unspecified atom stereocenters. The van der Waals surface area contributed by atoms with Gasteiger partial charge in [0.15, 0.2) is 0 Å². The Kier molecular flexibility index (Phi) is 2.40. The molecular weight excluding hydrogens is 170 g/mol. The van der Waals surface area contributed by atoms with E-state index < -0.39 is 0 Å². The van der Waals surface area contributed by atoms with Gasteiger partial charge in [0, 0.05) is 12.1 Å². The smallest absolute Gasteiger partial charge is 0.0665 e. The highest BCUT2D eigenvalue weighted by atomic mass is 14.8. The van der Waals surface area contributed by atoms with Crippen LogP contribution in [0.5, 0.6) is 0 Å². The summed E-state index contributed by atoms with van der Waals surface area (Å²) in [5.41, 5.74) is 5.26. The second kappa shape index (κ2) is 3.56. The van der Waals surface area contributed by atoms with Crippen molar-refractivity contribution in [3.63, 3.8) is 0 Å². The summed E-state index contributed by atoms with van der Waals surface area (Å²) < 4.78 is 0. The Morgan fingerprint density at radius 2 is 2.14 bits per heavy atom. The van der Waals surface area contributed by atoms with Crippen molar-refractivity contribution in [3.8, 4) is 0 Å². The molecule has 14 heavy (non-hydrogen) atoms. The van der Waals surface area contributed by atoms with Crippen molar-refractivity contribution in [3.05, 3.63) is 29.3 Å². The van der Waals surface area contributed by atoms with Gasteiger partial charge in [-0.05, 0) is 36.5 Å². The molecule has 0 amide bonds. The van der Waals surface area contributed by atoms with Crippen LogP contribution in [0.1, 0.15) is 31.9 Å². The quantitative estimate of drug-likeness (QED) is 0.671. The maximum Gasteiger partial charge on any atom is 0.0665 e. The summed E-state index contributed by atoms with van der Waals surface area (Å²) in [5.74, 6) is 0.733. The monoisotopic (exact) mass is 187 g/mol. The molecule has 0 aliphatic carbocycles. The van der Waals surface area contributed by atoms with Crippen LogP contribution in [0.2, 0.25) is 0 Å². The van der Waals surface area contributed by atoms with Gasteiger partial charge in [0.25, 0.3) is 0 Å². The number of fused-ring (bicyclic) bond motifs is 1. The molecule has 0 spiro atoms. The minimum atomic E-state index is 0.733. The van der Waals surface area contributed by atoms with Gasteiger partial charge in [-0.25, -0.2) is 0 Å². The third-order valence-corrected chi connectivity index (χ3v) is 2.55. The topological polar surface area (TPSA) is 12.4 Å². The van der Waals surface area contributed by atoms with Gasteiger partial charge in [-0.15, -0.1) is 0 Å². The van der Waals surface area contributed by atoms with Gasteiger partial charge in [0.2, 0.25) is 0 Å². The second-order valence-corrected chi connectivity index (χ2v) is 4.58. The van der Waals surface area contributed by atoms with Gasteiger partial charge in [-0.2, -0.15) is 0 Å². The van der Waals surface area contributed by atoms with E-state index in [1.165, 1.54) is 28.9 Å². The van der Waals surface area contributed by atoms with Gasteiger partial charge in [-0.3, -0.25) is 4.99 Å². The molecule has 0 saturated heterocycles. The van der Waals surface area contributed by atoms with Gasteiger partial charge in [0.1, 0.15) is 0 Å². The molecule has 1 heteroatoms. The van der Waals surface area contributed by atoms with Gasteiger partial charge >= 0.3 is 0 Å². The minimum absolute atomic E-state index is 0.733. The van der Waals surface area contributed by atoms with Gasteiger partial charge in [0.05, 0.1) is 5.69 Å². The first-order valence-corrected chi connectivity index (χ1v) is 5.31. The summed E-state index contributed by atoms with van der Waals surface area (Å²) in [4.78, 5) is 4.49. The predicted molar refractivity (Wildman–Crippen MR) is 61.5 cm³/mol. The van der Waals surface area contributed by atoms with Crippen LogP contribution in [0.4, 0.5) is 5.69 Å². The van der Waals surface area contributed by atoms with Crippen LogP contribution in [0.3, 0.4) is 0 Å². The Morgan fingerprint density at radius 1 is 1.36 bits per heavy atom. The molecule has 1 aromatic carbocycles. The van der Waals surface area contributed by atoms with Crippen LogP contribution in [0, 0.1) is 5.92 Å². The lowest BCUT2D eigenvalue weighted by atomic mass is 9.99. The van der Waals surface area contributed by atoms with E-state index in [1.807, 2.05) is 0 Å². The van der Waals surface area contributed by atoms with E-state index in [4.69, 9.17) is 0 Å². The normalized spacial score (nSPS) is 14.4. The zero-order valence-electron chi connectivity index (χ0n) is 9.17. The van der Waals surface area contributed by atoms with E-state index in [0.717, 1.165) is 12.3 Å². The Bertz CT molecular complexity index is 375. The van der Waals surface area contributed by atoms with Crippen molar-refractivity contribution in [2.75, 3.05) is 0 Å². The van der Waals surface area contributed by atoms with Crippen molar-refractivity contribution in [2.24, 2.45) is 10.9 Å². The van der Waals surface area contributed by atoms with E-state index in [9.17, 15) is 0 Å². The van der Waals surface area contributed by atoms with Crippen LogP contribution in [-0.4, -0.2) is 5.71 Å². The fraction of sp³-hybridized carbons (Fsp3) is 0.462. The Labute approximate surface area is 85.9 Å². The first-order chi connectivity index (χ1) is 6.65. The molecule has 1 aliphatic rings. The van der Waals surface area contributed by atoms with E-state index in [-0.39, 0.29) is 0 Å². The summed E-state index contributed by atoms with van der Waals surface area (Å²) in [5, 5.41) is 0. The largest absolute Gasteiger partial charge is 0.257 e. The highest BCUT2D eigenvalue weighted by molar-refractivity contribution is 5.92. The predicted octanol–water partition coefficient (Wildman–Crippen LogP) is 3.53. The lowest BCUT2D eigenvalue weighted by molar-refractivity contribution is 0.647. The molecule has 1 nitrogen and oxygen atoms in total. The first kappa shape index (κ1) is 9.45. The van der Waals surface area contributed by atoms with E-state index >= 15 is 0 Å². The van der Waals surface area contributed by atoms with Crippen molar-refractivity contribution >= 4 is 11.4 Å². The van der Waals surface area contributed by atoms with Gasteiger partial charge < -0.3 is 0 Å². The van der Waals surface area contributed by atoms with E-state index in [2.05, 4.69) is 44.0 Å². The zero-order chi connectivity index (χ0) is 10.1. The molecule has 0 radical (unpaired) electrons. The molecule has 0 saturated carbocycles. The molecule has 0 fully saturated rings. The Balaban J connectivity index is 2.24. The molecular formula is C13H17N. The number of benzene rings is 1. The van der Waals surface area contributed by atoms with Crippen molar-refractivity contribution in [2.45, 2.75) is 33.6 Å². The Morgan fingerprint density at radius 3 is 2.86 bits per heavy atom. The highest BCUT2D eigenvalue weighted by Gasteiger charge is 2.11. The molecule has 0 atom stereocenters. The molecule has 74 valence electrons. The number of hydrogen-bond acceptors (Lipinski definition) is 1. The Hall–Kier alpha value is -1.11. The zero-order valence-corrected chi connectivity index (χ0v) is 9.17. The first-order valence-electron chi connectivity index (χ1n) is 5.31. The third kappa shape index (κ3) is 1.87. The molecule has 0 bridgehead atoms. The SMILES string of the molecule is CC1=Nc2ccc(CC(C)C)cc2C1. The average molecular weight is 187 g/mol. The van der Waals surface area contributed by atoms with E-state index in [1.54, 1.807) is 0 Å². The number of aliphatic imine (C=N–C) groups is 1. The number of nitrogens with zero attached hydrogens (tertiary/aromatic N) is 1. The molecule has 1 aliphatic heterocycles. The molecule has 1 aromatic rings. The van der Waals surface area contributed by atoms with Crippen LogP contribution in [-0.2, 0) is 12.8 Å². The highest BCUT2D eigenvalue weighted by Crippen LogP contribution is 2.28. The molecule has 2 rings (SSSR count). The number of rotatable bonds is 2. The fourth-order valence-corrected chi connectivity index (χ4v) is 2.01. The number of hydrogen-bond donors (Lipinski definition) is 0. The van der Waals surface area contributed by atoms with Crippen LogP contribution in [0.15, 0.2) is 23.2 Å². The standard InChI is InChI=1S/C13H17N/c1-9(2)6-11-4-5-13-12(8-11)7-10(3)14-13/h4-5,8-9H,6-7H2,1-3H3. The lowest BCUT2D eigenvalue weighted by Gasteiger charge is -2.06. The summed E-state index contributed by atoms with van der Waals surface area (Å²) in [7, 11) is 0. The van der Waals surface area contributed by atoms with Crippen LogP contribution < -0.4 is 0 Å².